The molecule has 0 bridgehead atoms. The molecule has 0 saturated carbocycles. The van der Waals surface area contributed by atoms with E-state index in [0.29, 0.717) is 18.0 Å². The monoisotopic (exact) mass is 272 g/mol. The van der Waals surface area contributed by atoms with Gasteiger partial charge in [-0.05, 0) is 56.6 Å². The second-order valence-corrected chi connectivity index (χ2v) is 5.27. The Labute approximate surface area is 111 Å². The van der Waals surface area contributed by atoms with Crippen molar-refractivity contribution in [1.29, 1.82) is 0 Å². The minimum Gasteiger partial charge on any atom is -0.312 e. The first kappa shape index (κ1) is 14.3. The molecule has 1 unspecified atom stereocenters. The van der Waals surface area contributed by atoms with Crippen molar-refractivity contribution in [3.8, 4) is 0 Å². The Kier molecular flexibility index (Phi) is 4.82. The van der Waals surface area contributed by atoms with Gasteiger partial charge >= 0.3 is 0 Å². The third-order valence-corrected chi connectivity index (χ3v) is 3.53. The zero-order valence-corrected chi connectivity index (χ0v) is 11.1. The van der Waals surface area contributed by atoms with Gasteiger partial charge in [0.25, 0.3) is 0 Å². The zero-order valence-electron chi connectivity index (χ0n) is 11.1. The van der Waals surface area contributed by atoms with Crippen LogP contribution in [0.1, 0.15) is 18.4 Å². The number of likely N-dealkylation sites (tertiary alicyclic amines) is 1. The molecule has 2 rings (SSSR count). The van der Waals surface area contributed by atoms with E-state index < -0.39 is 17.5 Å². The van der Waals surface area contributed by atoms with Crippen LogP contribution in [0.2, 0.25) is 0 Å². The fourth-order valence-electron chi connectivity index (χ4n) is 2.57. The average Bonchev–Trinajstić information content (AvgIpc) is 2.36. The van der Waals surface area contributed by atoms with E-state index >= 15 is 0 Å². The second kappa shape index (κ2) is 6.39. The molecule has 1 aliphatic heterocycles. The quantitative estimate of drug-likeness (QED) is 0.847. The largest absolute Gasteiger partial charge is 0.312 e. The van der Waals surface area contributed by atoms with Crippen LogP contribution in [0.3, 0.4) is 0 Å². The molecule has 1 saturated heterocycles. The van der Waals surface area contributed by atoms with Crippen LogP contribution < -0.4 is 5.32 Å². The molecule has 1 N–H and O–H groups in total. The zero-order chi connectivity index (χ0) is 13.8. The van der Waals surface area contributed by atoms with E-state index in [0.717, 1.165) is 31.8 Å². The maximum atomic E-state index is 13.0. The van der Waals surface area contributed by atoms with Crippen molar-refractivity contribution in [3.05, 3.63) is 35.1 Å². The van der Waals surface area contributed by atoms with Gasteiger partial charge in [-0.1, -0.05) is 0 Å². The Balaban J connectivity index is 1.82. The summed E-state index contributed by atoms with van der Waals surface area (Å²) < 4.78 is 38.8. The highest BCUT2D eigenvalue weighted by Crippen LogP contribution is 2.15. The highest BCUT2D eigenvalue weighted by molar-refractivity contribution is 5.19. The van der Waals surface area contributed by atoms with E-state index in [-0.39, 0.29) is 0 Å². The molecular formula is C14H19F3N2. The van der Waals surface area contributed by atoms with Crippen LogP contribution in [0.5, 0.6) is 0 Å². The van der Waals surface area contributed by atoms with Crippen LogP contribution >= 0.6 is 0 Å². The third-order valence-electron chi connectivity index (χ3n) is 3.53. The molecular weight excluding hydrogens is 253 g/mol. The van der Waals surface area contributed by atoms with Gasteiger partial charge in [0.1, 0.15) is 0 Å². The molecule has 0 aromatic heterocycles. The second-order valence-electron chi connectivity index (χ2n) is 5.27. The van der Waals surface area contributed by atoms with Gasteiger partial charge in [-0.2, -0.15) is 0 Å². The summed E-state index contributed by atoms with van der Waals surface area (Å²) in [6, 6.07) is 2.08. The lowest BCUT2D eigenvalue weighted by Crippen LogP contribution is -2.37. The van der Waals surface area contributed by atoms with Gasteiger partial charge < -0.3 is 10.2 Å². The molecule has 1 aromatic carbocycles. The molecule has 5 heteroatoms. The molecule has 1 atom stereocenters. The predicted molar refractivity (Wildman–Crippen MR) is 68.2 cm³/mol. The molecule has 0 spiro atoms. The first-order chi connectivity index (χ1) is 9.06. The highest BCUT2D eigenvalue weighted by atomic mass is 19.2. The Morgan fingerprint density at radius 2 is 1.95 bits per heavy atom. The predicted octanol–water partition coefficient (Wildman–Crippen LogP) is 2.54. The Morgan fingerprint density at radius 3 is 2.58 bits per heavy atom. The molecule has 1 aromatic rings. The normalized spacial score (nSPS) is 20.7. The lowest BCUT2D eigenvalue weighted by atomic mass is 9.98. The topological polar surface area (TPSA) is 15.3 Å². The summed E-state index contributed by atoms with van der Waals surface area (Å²) in [5, 5.41) is 3.18. The lowest BCUT2D eigenvalue weighted by molar-refractivity contribution is 0.206. The summed E-state index contributed by atoms with van der Waals surface area (Å²) in [6.45, 7) is 3.34. The molecule has 106 valence electrons. The Bertz CT molecular complexity index is 414. The molecule has 0 aliphatic carbocycles. The Morgan fingerprint density at radius 1 is 1.26 bits per heavy atom. The number of hydrogen-bond donors (Lipinski definition) is 1. The number of rotatable bonds is 4. The van der Waals surface area contributed by atoms with Crippen LogP contribution in [0.15, 0.2) is 12.1 Å². The molecule has 1 fully saturated rings. The van der Waals surface area contributed by atoms with Crippen molar-refractivity contribution in [1.82, 2.24) is 10.2 Å². The standard InChI is InChI=1S/C14H19F3N2/c1-19-4-2-3-10(9-19)7-18-8-11-5-12(15)14(17)13(16)6-11/h5-6,10,18H,2-4,7-9H2,1H3. The average molecular weight is 272 g/mol. The number of hydrogen-bond acceptors (Lipinski definition) is 2. The van der Waals surface area contributed by atoms with E-state index in [2.05, 4.69) is 17.3 Å². The molecule has 0 radical (unpaired) electrons. The van der Waals surface area contributed by atoms with Crippen molar-refractivity contribution in [3.63, 3.8) is 0 Å². The first-order valence-corrected chi connectivity index (χ1v) is 6.59. The van der Waals surface area contributed by atoms with Crippen LogP contribution in [-0.4, -0.2) is 31.6 Å². The van der Waals surface area contributed by atoms with E-state index in [4.69, 9.17) is 0 Å². The molecule has 0 amide bonds. The van der Waals surface area contributed by atoms with Crippen molar-refractivity contribution >= 4 is 0 Å². The van der Waals surface area contributed by atoms with Gasteiger partial charge in [-0.25, -0.2) is 13.2 Å². The van der Waals surface area contributed by atoms with Gasteiger partial charge in [0.15, 0.2) is 17.5 Å². The molecule has 1 aliphatic rings. The summed E-state index contributed by atoms with van der Waals surface area (Å²) in [6.07, 6.45) is 2.35. The first-order valence-electron chi connectivity index (χ1n) is 6.59. The summed E-state index contributed by atoms with van der Waals surface area (Å²) in [5.41, 5.74) is 0.431. The molecule has 2 nitrogen and oxygen atoms in total. The van der Waals surface area contributed by atoms with Gasteiger partial charge in [0.2, 0.25) is 0 Å². The van der Waals surface area contributed by atoms with E-state index in [9.17, 15) is 13.2 Å². The van der Waals surface area contributed by atoms with E-state index in [1.54, 1.807) is 0 Å². The maximum Gasteiger partial charge on any atom is 0.194 e. The van der Waals surface area contributed by atoms with Crippen LogP contribution in [0, 0.1) is 23.4 Å². The van der Waals surface area contributed by atoms with E-state index in [1.807, 2.05) is 0 Å². The fraction of sp³-hybridized carbons (Fsp3) is 0.571. The summed E-state index contributed by atoms with van der Waals surface area (Å²) in [5.74, 6) is -3.10. The van der Waals surface area contributed by atoms with Crippen molar-refractivity contribution in [2.75, 3.05) is 26.7 Å². The number of nitrogens with zero attached hydrogens (tertiary/aromatic N) is 1. The fourth-order valence-corrected chi connectivity index (χ4v) is 2.57. The third kappa shape index (κ3) is 3.94. The number of halogens is 3. The summed E-state index contributed by atoms with van der Waals surface area (Å²) in [7, 11) is 2.09. The molecule has 1 heterocycles. The Hall–Kier alpha value is -1.07. The van der Waals surface area contributed by atoms with Crippen molar-refractivity contribution in [2.45, 2.75) is 19.4 Å². The molecule has 19 heavy (non-hydrogen) atoms. The lowest BCUT2D eigenvalue weighted by Gasteiger charge is -2.29. The van der Waals surface area contributed by atoms with Gasteiger partial charge in [0, 0.05) is 13.1 Å². The van der Waals surface area contributed by atoms with Gasteiger partial charge in [-0.3, -0.25) is 0 Å². The number of piperidine rings is 1. The number of benzene rings is 1. The maximum absolute atomic E-state index is 13.0. The van der Waals surface area contributed by atoms with Gasteiger partial charge in [0.05, 0.1) is 0 Å². The SMILES string of the molecule is CN1CCCC(CNCc2cc(F)c(F)c(F)c2)C1. The minimum absolute atomic E-state index is 0.355. The van der Waals surface area contributed by atoms with Crippen LogP contribution in [0.25, 0.3) is 0 Å². The summed E-state index contributed by atoms with van der Waals surface area (Å²) >= 11 is 0. The highest BCUT2D eigenvalue weighted by Gasteiger charge is 2.16. The number of nitrogens with one attached hydrogen (secondary N) is 1. The smallest absolute Gasteiger partial charge is 0.194 e. The van der Waals surface area contributed by atoms with Crippen molar-refractivity contribution in [2.24, 2.45) is 5.92 Å². The van der Waals surface area contributed by atoms with Crippen LogP contribution in [-0.2, 0) is 6.54 Å². The minimum atomic E-state index is -1.40. The van der Waals surface area contributed by atoms with Gasteiger partial charge in [-0.15, -0.1) is 0 Å². The van der Waals surface area contributed by atoms with Crippen LogP contribution in [0.4, 0.5) is 13.2 Å². The van der Waals surface area contributed by atoms with Crippen molar-refractivity contribution < 1.29 is 13.2 Å². The van der Waals surface area contributed by atoms with E-state index in [1.165, 1.54) is 12.8 Å². The summed E-state index contributed by atoms with van der Waals surface area (Å²) in [4.78, 5) is 2.28.